The Hall–Kier alpha value is -2.35. The van der Waals surface area contributed by atoms with E-state index in [1.54, 1.807) is 0 Å². The van der Waals surface area contributed by atoms with E-state index in [-0.39, 0.29) is 5.41 Å². The maximum atomic E-state index is 4.54. The minimum atomic E-state index is 0.0180. The summed E-state index contributed by atoms with van der Waals surface area (Å²) < 4.78 is 0. The number of anilines is 1. The Kier molecular flexibility index (Phi) is 3.84. The number of benzene rings is 2. The largest absolute Gasteiger partial charge is 0.347 e. The van der Waals surface area contributed by atoms with Crippen LogP contribution in [0.4, 0.5) is 5.69 Å². The molecule has 0 saturated heterocycles. The van der Waals surface area contributed by atoms with Crippen molar-refractivity contribution < 1.29 is 0 Å². The molecule has 2 heteroatoms. The van der Waals surface area contributed by atoms with Gasteiger partial charge in [0.25, 0.3) is 0 Å². The number of hydrogen-bond donors (Lipinski definition) is 0. The van der Waals surface area contributed by atoms with Gasteiger partial charge in [-0.05, 0) is 23.3 Å². The summed E-state index contributed by atoms with van der Waals surface area (Å²) in [5, 5.41) is 0. The minimum Gasteiger partial charge on any atom is -0.347 e. The van der Waals surface area contributed by atoms with Gasteiger partial charge in [-0.1, -0.05) is 62.4 Å². The molecule has 3 rings (SSSR count). The summed E-state index contributed by atoms with van der Waals surface area (Å²) in [4.78, 5) is 6.81. The van der Waals surface area contributed by atoms with Gasteiger partial charge in [-0.15, -0.1) is 0 Å². The highest BCUT2D eigenvalue weighted by Crippen LogP contribution is 2.46. The number of rotatable bonds is 3. The Morgan fingerprint density at radius 2 is 1.68 bits per heavy atom. The third-order valence-electron chi connectivity index (χ3n) is 4.39. The van der Waals surface area contributed by atoms with Gasteiger partial charge < -0.3 is 4.90 Å². The molecule has 0 aromatic heterocycles. The molecule has 1 heterocycles. The molecule has 0 radical (unpaired) electrons. The molecule has 0 aliphatic carbocycles. The SMILES string of the molecule is CN1/C(=C/C=NCc2ccccc2)C(C)(C)c2ccccc21. The fraction of sp³-hybridized carbons (Fsp3) is 0.250. The Morgan fingerprint density at radius 3 is 2.41 bits per heavy atom. The molecule has 0 bridgehead atoms. The van der Waals surface area contributed by atoms with Crippen LogP contribution in [0.5, 0.6) is 0 Å². The van der Waals surface area contributed by atoms with Gasteiger partial charge >= 0.3 is 0 Å². The third kappa shape index (κ3) is 2.57. The summed E-state index contributed by atoms with van der Waals surface area (Å²) in [5.74, 6) is 0. The average Bonchev–Trinajstić information content (AvgIpc) is 2.73. The van der Waals surface area contributed by atoms with Crippen molar-refractivity contribution in [3.8, 4) is 0 Å². The van der Waals surface area contributed by atoms with Gasteiger partial charge in [0.05, 0.1) is 6.54 Å². The average molecular weight is 290 g/mol. The van der Waals surface area contributed by atoms with Gasteiger partial charge in [-0.3, -0.25) is 4.99 Å². The smallest absolute Gasteiger partial charge is 0.0639 e. The van der Waals surface area contributed by atoms with E-state index < -0.39 is 0 Å². The maximum Gasteiger partial charge on any atom is 0.0639 e. The number of allylic oxidation sites excluding steroid dienone is 2. The van der Waals surface area contributed by atoms with Crippen LogP contribution >= 0.6 is 0 Å². The van der Waals surface area contributed by atoms with Gasteiger partial charge in [0, 0.05) is 30.1 Å². The lowest BCUT2D eigenvalue weighted by atomic mass is 9.84. The highest BCUT2D eigenvalue weighted by Gasteiger charge is 2.37. The number of para-hydroxylation sites is 1. The van der Waals surface area contributed by atoms with Gasteiger partial charge in [-0.2, -0.15) is 0 Å². The molecule has 2 aromatic rings. The summed E-state index contributed by atoms with van der Waals surface area (Å²) in [6.07, 6.45) is 4.08. The molecule has 22 heavy (non-hydrogen) atoms. The van der Waals surface area contributed by atoms with Crippen molar-refractivity contribution in [1.82, 2.24) is 0 Å². The standard InChI is InChI=1S/C20H22N2/c1-20(2)17-11-7-8-12-18(17)22(3)19(20)13-14-21-15-16-9-5-4-6-10-16/h4-14H,15H2,1-3H3/b19-13+,21-14?. The molecule has 2 aromatic carbocycles. The van der Waals surface area contributed by atoms with Gasteiger partial charge in [0.2, 0.25) is 0 Å². The number of likely N-dealkylation sites (N-methyl/N-ethyl adjacent to an activating group) is 1. The van der Waals surface area contributed by atoms with E-state index in [1.165, 1.54) is 22.5 Å². The lowest BCUT2D eigenvalue weighted by molar-refractivity contribution is 0.641. The van der Waals surface area contributed by atoms with E-state index in [9.17, 15) is 0 Å². The Balaban J connectivity index is 1.80. The van der Waals surface area contributed by atoms with Crippen LogP contribution in [-0.4, -0.2) is 13.3 Å². The molecule has 0 spiro atoms. The van der Waals surface area contributed by atoms with E-state index in [1.807, 2.05) is 24.4 Å². The van der Waals surface area contributed by atoms with E-state index in [2.05, 4.69) is 73.3 Å². The molecule has 1 aliphatic heterocycles. The third-order valence-corrected chi connectivity index (χ3v) is 4.39. The zero-order chi connectivity index (χ0) is 15.6. The number of hydrogen-bond acceptors (Lipinski definition) is 2. The second kappa shape index (κ2) is 5.80. The van der Waals surface area contributed by atoms with Crippen molar-refractivity contribution in [3.63, 3.8) is 0 Å². The topological polar surface area (TPSA) is 15.6 Å². The van der Waals surface area contributed by atoms with Crippen LogP contribution in [-0.2, 0) is 12.0 Å². The summed E-state index contributed by atoms with van der Waals surface area (Å²) in [6, 6.07) is 18.9. The summed E-state index contributed by atoms with van der Waals surface area (Å²) >= 11 is 0. The van der Waals surface area contributed by atoms with Crippen LogP contribution in [0.3, 0.4) is 0 Å². The highest BCUT2D eigenvalue weighted by atomic mass is 15.2. The molecule has 0 atom stereocenters. The fourth-order valence-corrected chi connectivity index (χ4v) is 3.17. The van der Waals surface area contributed by atoms with Crippen molar-refractivity contribution in [2.75, 3.05) is 11.9 Å². The van der Waals surface area contributed by atoms with Crippen molar-refractivity contribution >= 4 is 11.9 Å². The van der Waals surface area contributed by atoms with Gasteiger partial charge in [0.15, 0.2) is 0 Å². The second-order valence-corrected chi connectivity index (χ2v) is 6.23. The van der Waals surface area contributed by atoms with E-state index >= 15 is 0 Å². The molecular formula is C20H22N2. The van der Waals surface area contributed by atoms with Crippen LogP contribution in [0.2, 0.25) is 0 Å². The van der Waals surface area contributed by atoms with Crippen LogP contribution in [0.1, 0.15) is 25.0 Å². The molecule has 0 saturated carbocycles. The predicted octanol–water partition coefficient (Wildman–Crippen LogP) is 4.57. The first kappa shape index (κ1) is 14.6. The quantitative estimate of drug-likeness (QED) is 0.756. The Bertz CT molecular complexity index is 711. The van der Waals surface area contributed by atoms with Gasteiger partial charge in [0.1, 0.15) is 0 Å². The van der Waals surface area contributed by atoms with Crippen LogP contribution in [0.25, 0.3) is 0 Å². The van der Waals surface area contributed by atoms with Crippen molar-refractivity contribution in [2.24, 2.45) is 4.99 Å². The molecule has 0 fully saturated rings. The molecule has 1 aliphatic rings. The van der Waals surface area contributed by atoms with Crippen molar-refractivity contribution in [1.29, 1.82) is 0 Å². The number of fused-ring (bicyclic) bond motifs is 1. The molecule has 0 amide bonds. The van der Waals surface area contributed by atoms with Crippen LogP contribution in [0.15, 0.2) is 71.4 Å². The van der Waals surface area contributed by atoms with Crippen LogP contribution in [0, 0.1) is 0 Å². The van der Waals surface area contributed by atoms with Crippen molar-refractivity contribution in [3.05, 3.63) is 77.5 Å². The van der Waals surface area contributed by atoms with E-state index in [4.69, 9.17) is 0 Å². The summed E-state index contributed by atoms with van der Waals surface area (Å²) in [7, 11) is 2.13. The van der Waals surface area contributed by atoms with E-state index in [0.717, 1.165) is 6.54 Å². The predicted molar refractivity (Wildman–Crippen MR) is 94.6 cm³/mol. The van der Waals surface area contributed by atoms with Crippen LogP contribution < -0.4 is 4.90 Å². The first-order valence-electron chi connectivity index (χ1n) is 7.68. The molecular weight excluding hydrogens is 268 g/mol. The first-order chi connectivity index (χ1) is 10.6. The Labute approximate surface area is 132 Å². The van der Waals surface area contributed by atoms with E-state index in [0.29, 0.717) is 0 Å². The summed E-state index contributed by atoms with van der Waals surface area (Å²) in [5.41, 5.74) is 5.20. The minimum absolute atomic E-state index is 0.0180. The normalized spacial score (nSPS) is 18.1. The number of nitrogens with zero attached hydrogens (tertiary/aromatic N) is 2. The molecule has 112 valence electrons. The number of aliphatic imine (C=N–C) groups is 1. The molecule has 2 nitrogen and oxygen atoms in total. The zero-order valence-corrected chi connectivity index (χ0v) is 13.5. The van der Waals surface area contributed by atoms with Crippen molar-refractivity contribution in [2.45, 2.75) is 25.8 Å². The molecule has 0 unspecified atom stereocenters. The second-order valence-electron chi connectivity index (χ2n) is 6.23. The maximum absolute atomic E-state index is 4.54. The highest BCUT2D eigenvalue weighted by molar-refractivity contribution is 5.79. The zero-order valence-electron chi connectivity index (χ0n) is 13.5. The Morgan fingerprint density at radius 1 is 1.00 bits per heavy atom. The first-order valence-corrected chi connectivity index (χ1v) is 7.68. The summed E-state index contributed by atoms with van der Waals surface area (Å²) in [6.45, 7) is 5.26. The lowest BCUT2D eigenvalue weighted by Gasteiger charge is -2.23. The monoisotopic (exact) mass is 290 g/mol. The lowest BCUT2D eigenvalue weighted by Crippen LogP contribution is -2.23. The molecule has 0 N–H and O–H groups in total. The fourth-order valence-electron chi connectivity index (χ4n) is 3.17. The van der Waals surface area contributed by atoms with Gasteiger partial charge in [-0.25, -0.2) is 0 Å².